The highest BCUT2D eigenvalue weighted by molar-refractivity contribution is 6.12. The summed E-state index contributed by atoms with van der Waals surface area (Å²) in [4.78, 5) is 29.8. The summed E-state index contributed by atoms with van der Waals surface area (Å²) in [7, 11) is 0. The zero-order chi connectivity index (χ0) is 22.7. The SMILES string of the molecule is CC(C)CC(=O)Nc1ccc(NC(=O)c2cc(C(C)C)nc3c2cnn3C(C)C)cc1. The largest absolute Gasteiger partial charge is 0.326 e. The molecule has 0 unspecified atom stereocenters. The first kappa shape index (κ1) is 22.5. The van der Waals surface area contributed by atoms with Gasteiger partial charge in [-0.1, -0.05) is 27.7 Å². The third kappa shape index (κ3) is 5.29. The number of benzene rings is 1. The van der Waals surface area contributed by atoms with Crippen LogP contribution in [0.15, 0.2) is 36.5 Å². The minimum absolute atomic E-state index is 0.0191. The molecule has 0 saturated heterocycles. The third-order valence-electron chi connectivity index (χ3n) is 4.93. The summed E-state index contributed by atoms with van der Waals surface area (Å²) in [5, 5.41) is 11.0. The second-order valence-electron chi connectivity index (χ2n) is 8.85. The minimum Gasteiger partial charge on any atom is -0.326 e. The topological polar surface area (TPSA) is 88.9 Å². The van der Waals surface area contributed by atoms with Gasteiger partial charge in [-0.3, -0.25) is 9.59 Å². The van der Waals surface area contributed by atoms with Crippen LogP contribution in [-0.4, -0.2) is 26.6 Å². The summed E-state index contributed by atoms with van der Waals surface area (Å²) >= 11 is 0. The first-order chi connectivity index (χ1) is 14.7. The van der Waals surface area contributed by atoms with Crippen LogP contribution in [0.3, 0.4) is 0 Å². The molecule has 2 aromatic heterocycles. The van der Waals surface area contributed by atoms with Crippen LogP contribution >= 0.6 is 0 Å². The van der Waals surface area contributed by atoms with Crippen molar-refractivity contribution in [3.05, 3.63) is 47.8 Å². The van der Waals surface area contributed by atoms with Crippen molar-refractivity contribution in [3.63, 3.8) is 0 Å². The van der Waals surface area contributed by atoms with E-state index in [2.05, 4.69) is 29.6 Å². The molecule has 3 rings (SSSR count). The molecule has 7 heteroatoms. The summed E-state index contributed by atoms with van der Waals surface area (Å²) in [6.07, 6.45) is 2.17. The van der Waals surface area contributed by atoms with Crippen molar-refractivity contribution in [2.45, 2.75) is 59.9 Å². The van der Waals surface area contributed by atoms with Crippen molar-refractivity contribution in [1.29, 1.82) is 0 Å². The standard InChI is InChI=1S/C24H31N5O2/c1-14(2)11-22(30)26-17-7-9-18(10-8-17)27-24(31)19-12-21(15(3)4)28-23-20(19)13-25-29(23)16(5)6/h7-10,12-16H,11H2,1-6H3,(H,26,30)(H,27,31). The lowest BCUT2D eigenvalue weighted by atomic mass is 10.0. The van der Waals surface area contributed by atoms with E-state index < -0.39 is 0 Å². The number of hydrogen-bond acceptors (Lipinski definition) is 4. The van der Waals surface area contributed by atoms with Gasteiger partial charge < -0.3 is 10.6 Å². The summed E-state index contributed by atoms with van der Waals surface area (Å²) < 4.78 is 1.84. The van der Waals surface area contributed by atoms with Gasteiger partial charge in [0.2, 0.25) is 5.91 Å². The molecule has 0 aliphatic carbocycles. The molecule has 1 aromatic carbocycles. The fourth-order valence-electron chi connectivity index (χ4n) is 3.32. The van der Waals surface area contributed by atoms with Gasteiger partial charge in [-0.25, -0.2) is 9.67 Å². The Morgan fingerprint density at radius 3 is 2.13 bits per heavy atom. The van der Waals surface area contributed by atoms with Gasteiger partial charge in [0.15, 0.2) is 5.65 Å². The summed E-state index contributed by atoms with van der Waals surface area (Å²) in [6.45, 7) is 12.2. The lowest BCUT2D eigenvalue weighted by Crippen LogP contribution is -2.15. The molecule has 0 aliphatic heterocycles. The number of amides is 2. The lowest BCUT2D eigenvalue weighted by Gasteiger charge is -2.13. The highest BCUT2D eigenvalue weighted by atomic mass is 16.2. The molecule has 3 aromatic rings. The Bertz CT molecular complexity index is 1080. The van der Waals surface area contributed by atoms with Crippen molar-refractivity contribution in [2.24, 2.45) is 5.92 Å². The maximum atomic E-state index is 13.1. The van der Waals surface area contributed by atoms with Crippen LogP contribution in [0, 0.1) is 5.92 Å². The van der Waals surface area contributed by atoms with E-state index >= 15 is 0 Å². The number of pyridine rings is 1. The number of nitrogens with one attached hydrogen (secondary N) is 2. The predicted octanol–water partition coefficient (Wildman–Crippen LogP) is 5.37. The van der Waals surface area contributed by atoms with E-state index in [4.69, 9.17) is 4.98 Å². The van der Waals surface area contributed by atoms with E-state index in [0.29, 0.717) is 29.3 Å². The number of fused-ring (bicyclic) bond motifs is 1. The average molecular weight is 422 g/mol. The molecule has 0 fully saturated rings. The smallest absolute Gasteiger partial charge is 0.256 e. The summed E-state index contributed by atoms with van der Waals surface area (Å²) in [5.74, 6) is 0.246. The molecule has 7 nitrogen and oxygen atoms in total. The van der Waals surface area contributed by atoms with Crippen LogP contribution in [0.25, 0.3) is 11.0 Å². The zero-order valence-corrected chi connectivity index (χ0v) is 19.1. The molecule has 0 bridgehead atoms. The number of anilines is 2. The highest BCUT2D eigenvalue weighted by Gasteiger charge is 2.19. The second-order valence-corrected chi connectivity index (χ2v) is 8.85. The molecule has 0 atom stereocenters. The molecule has 31 heavy (non-hydrogen) atoms. The molecule has 0 saturated carbocycles. The van der Waals surface area contributed by atoms with Crippen LogP contribution < -0.4 is 10.6 Å². The van der Waals surface area contributed by atoms with E-state index in [1.807, 2.05) is 38.4 Å². The van der Waals surface area contributed by atoms with Crippen LogP contribution in [-0.2, 0) is 4.79 Å². The van der Waals surface area contributed by atoms with Crippen molar-refractivity contribution < 1.29 is 9.59 Å². The molecule has 2 amide bonds. The highest BCUT2D eigenvalue weighted by Crippen LogP contribution is 2.25. The maximum absolute atomic E-state index is 13.1. The fourth-order valence-corrected chi connectivity index (χ4v) is 3.32. The van der Waals surface area contributed by atoms with Crippen molar-refractivity contribution in [3.8, 4) is 0 Å². The Hall–Kier alpha value is -3.22. The van der Waals surface area contributed by atoms with Gasteiger partial charge in [-0.2, -0.15) is 5.10 Å². The number of carbonyl (C=O) groups excluding carboxylic acids is 2. The Morgan fingerprint density at radius 1 is 0.968 bits per heavy atom. The van der Waals surface area contributed by atoms with Crippen molar-refractivity contribution in [1.82, 2.24) is 14.8 Å². The maximum Gasteiger partial charge on any atom is 0.256 e. The van der Waals surface area contributed by atoms with Gasteiger partial charge in [0.25, 0.3) is 5.91 Å². The Kier molecular flexibility index (Phi) is 6.73. The third-order valence-corrected chi connectivity index (χ3v) is 4.93. The van der Waals surface area contributed by atoms with Gasteiger partial charge in [0.05, 0.1) is 17.1 Å². The Labute approximate surface area is 183 Å². The number of hydrogen-bond donors (Lipinski definition) is 2. The predicted molar refractivity (Wildman–Crippen MR) is 124 cm³/mol. The number of aromatic nitrogens is 3. The number of rotatable bonds is 7. The van der Waals surface area contributed by atoms with Crippen molar-refractivity contribution in [2.75, 3.05) is 10.6 Å². The first-order valence-corrected chi connectivity index (χ1v) is 10.7. The molecular formula is C24H31N5O2. The molecular weight excluding hydrogens is 390 g/mol. The van der Waals surface area contributed by atoms with E-state index in [1.165, 1.54) is 0 Å². The van der Waals surface area contributed by atoms with Gasteiger partial charge in [-0.05, 0) is 56.0 Å². The summed E-state index contributed by atoms with van der Waals surface area (Å²) in [5.41, 5.74) is 3.47. The quantitative estimate of drug-likeness (QED) is 0.536. The molecule has 0 aliphatic rings. The number of carbonyl (C=O) groups is 2. The molecule has 2 N–H and O–H groups in total. The fraction of sp³-hybridized carbons (Fsp3) is 0.417. The molecule has 164 valence electrons. The van der Waals surface area contributed by atoms with Crippen LogP contribution in [0.5, 0.6) is 0 Å². The van der Waals surface area contributed by atoms with E-state index in [-0.39, 0.29) is 23.8 Å². The van der Waals surface area contributed by atoms with Crippen molar-refractivity contribution >= 4 is 34.2 Å². The van der Waals surface area contributed by atoms with Gasteiger partial charge >= 0.3 is 0 Å². The van der Waals surface area contributed by atoms with Crippen LogP contribution in [0.4, 0.5) is 11.4 Å². The zero-order valence-electron chi connectivity index (χ0n) is 19.1. The van der Waals surface area contributed by atoms with Gasteiger partial charge in [0.1, 0.15) is 0 Å². The molecule has 0 spiro atoms. The number of nitrogens with zero attached hydrogens (tertiary/aromatic N) is 3. The minimum atomic E-state index is -0.214. The monoisotopic (exact) mass is 421 g/mol. The van der Waals surface area contributed by atoms with Gasteiger partial charge in [-0.15, -0.1) is 0 Å². The lowest BCUT2D eigenvalue weighted by molar-refractivity contribution is -0.116. The Balaban J connectivity index is 1.84. The second kappa shape index (κ2) is 9.29. The molecule has 0 radical (unpaired) electrons. The Morgan fingerprint density at radius 2 is 1.58 bits per heavy atom. The van der Waals surface area contributed by atoms with Crippen LogP contribution in [0.2, 0.25) is 0 Å². The summed E-state index contributed by atoms with van der Waals surface area (Å²) in [6, 6.07) is 9.11. The van der Waals surface area contributed by atoms with E-state index in [9.17, 15) is 9.59 Å². The average Bonchev–Trinajstić information content (AvgIpc) is 3.12. The first-order valence-electron chi connectivity index (χ1n) is 10.7. The molecule has 2 heterocycles. The van der Waals surface area contributed by atoms with E-state index in [1.54, 1.807) is 30.5 Å². The van der Waals surface area contributed by atoms with Crippen LogP contribution in [0.1, 0.15) is 76.0 Å². The van der Waals surface area contributed by atoms with Gasteiger partial charge in [0, 0.05) is 29.5 Å². The normalized spacial score (nSPS) is 11.5. The van der Waals surface area contributed by atoms with E-state index in [0.717, 1.165) is 16.7 Å².